The Morgan fingerprint density at radius 3 is 2.67 bits per heavy atom. The van der Waals surface area contributed by atoms with Crippen molar-refractivity contribution in [2.75, 3.05) is 60.5 Å². The van der Waals surface area contributed by atoms with Crippen LogP contribution in [0.25, 0.3) is 0 Å². The number of hydrogen-bond donors (Lipinski definition) is 2. The molecule has 0 radical (unpaired) electrons. The van der Waals surface area contributed by atoms with E-state index in [-0.39, 0.29) is 24.0 Å². The van der Waals surface area contributed by atoms with Crippen LogP contribution >= 0.6 is 24.0 Å². The number of ether oxygens (including phenoxy) is 1. The maximum atomic E-state index is 5.67. The van der Waals surface area contributed by atoms with Crippen molar-refractivity contribution >= 4 is 29.9 Å². The molecule has 0 saturated carbocycles. The molecule has 6 nitrogen and oxygen atoms in total. The Morgan fingerprint density at radius 2 is 1.96 bits per heavy atom. The average molecular weight is 447 g/mol. The fraction of sp³-hybridized carbons (Fsp3) is 0.588. The molecule has 1 unspecified atom stereocenters. The number of likely N-dealkylation sites (N-methyl/N-ethyl adjacent to an activating group) is 2. The van der Waals surface area contributed by atoms with Crippen LogP contribution in [0.3, 0.4) is 0 Å². The maximum Gasteiger partial charge on any atom is 0.191 e. The second-order valence-corrected chi connectivity index (χ2v) is 5.94. The van der Waals surface area contributed by atoms with E-state index in [1.165, 1.54) is 0 Å². The molecule has 1 aromatic carbocycles. The van der Waals surface area contributed by atoms with Crippen molar-refractivity contribution < 1.29 is 4.74 Å². The van der Waals surface area contributed by atoms with Gasteiger partial charge in [-0.1, -0.05) is 18.2 Å². The molecule has 0 spiro atoms. The van der Waals surface area contributed by atoms with Gasteiger partial charge in [0.05, 0.1) is 6.54 Å². The van der Waals surface area contributed by atoms with Gasteiger partial charge in [0.15, 0.2) is 5.96 Å². The van der Waals surface area contributed by atoms with E-state index in [1.54, 1.807) is 7.05 Å². The number of piperazine rings is 1. The highest BCUT2D eigenvalue weighted by molar-refractivity contribution is 14.0. The Balaban J connectivity index is 0.00000288. The van der Waals surface area contributed by atoms with Gasteiger partial charge in [-0.25, -0.2) is 0 Å². The molecule has 1 aromatic rings. The Morgan fingerprint density at radius 1 is 1.21 bits per heavy atom. The van der Waals surface area contributed by atoms with Crippen molar-refractivity contribution in [3.05, 3.63) is 30.3 Å². The van der Waals surface area contributed by atoms with Crippen LogP contribution < -0.4 is 15.4 Å². The van der Waals surface area contributed by atoms with Gasteiger partial charge in [-0.05, 0) is 26.2 Å². The molecule has 0 aliphatic carbocycles. The number of halogens is 1. The van der Waals surface area contributed by atoms with Crippen molar-refractivity contribution in [3.63, 3.8) is 0 Å². The predicted molar refractivity (Wildman–Crippen MR) is 111 cm³/mol. The topological polar surface area (TPSA) is 52.1 Å². The van der Waals surface area contributed by atoms with Gasteiger partial charge in [-0.3, -0.25) is 9.89 Å². The lowest BCUT2D eigenvalue weighted by atomic mass is 10.2. The van der Waals surface area contributed by atoms with Crippen molar-refractivity contribution in [1.29, 1.82) is 0 Å². The lowest BCUT2D eigenvalue weighted by molar-refractivity contribution is 0.116. The normalized spacial score (nSPS) is 19.5. The molecule has 1 aliphatic heterocycles. The van der Waals surface area contributed by atoms with Crippen LogP contribution in [-0.4, -0.2) is 82.3 Å². The molecule has 0 aromatic heterocycles. The van der Waals surface area contributed by atoms with Gasteiger partial charge in [-0.15, -0.1) is 24.0 Å². The molecule has 1 fully saturated rings. The third-order valence-electron chi connectivity index (χ3n) is 4.12. The third-order valence-corrected chi connectivity index (χ3v) is 4.12. The molecule has 136 valence electrons. The Kier molecular flexibility index (Phi) is 10.0. The molecular weight excluding hydrogens is 417 g/mol. The quantitative estimate of drug-likeness (QED) is 0.296. The summed E-state index contributed by atoms with van der Waals surface area (Å²) in [6.07, 6.45) is 0. The third kappa shape index (κ3) is 7.23. The zero-order valence-corrected chi connectivity index (χ0v) is 17.2. The van der Waals surface area contributed by atoms with Crippen molar-refractivity contribution in [2.24, 2.45) is 4.99 Å². The van der Waals surface area contributed by atoms with Crippen molar-refractivity contribution in [3.8, 4) is 5.75 Å². The molecule has 1 saturated heterocycles. The summed E-state index contributed by atoms with van der Waals surface area (Å²) < 4.78 is 5.67. The Hall–Kier alpha value is -1.06. The van der Waals surface area contributed by atoms with Gasteiger partial charge in [0.1, 0.15) is 12.4 Å². The van der Waals surface area contributed by atoms with Crippen LogP contribution in [0.2, 0.25) is 0 Å². The molecule has 2 rings (SSSR count). The summed E-state index contributed by atoms with van der Waals surface area (Å²) in [7, 11) is 6.15. The summed E-state index contributed by atoms with van der Waals surface area (Å²) in [5, 5.41) is 6.69. The second kappa shape index (κ2) is 11.5. The van der Waals surface area contributed by atoms with Gasteiger partial charge >= 0.3 is 0 Å². The molecule has 24 heavy (non-hydrogen) atoms. The standard InChI is InChI=1S/C17H29N5O.HI/c1-18-17(19-9-12-23-16-7-5-4-6-8-16)20-13-15-14-21(2)10-11-22(15)3;/h4-8,15H,9-14H2,1-3H3,(H2,18,19,20);1H. The lowest BCUT2D eigenvalue weighted by Crippen LogP contribution is -2.55. The first-order valence-electron chi connectivity index (χ1n) is 8.20. The minimum absolute atomic E-state index is 0. The number of para-hydroxylation sites is 1. The van der Waals surface area contributed by atoms with E-state index in [1.807, 2.05) is 30.3 Å². The number of guanidine groups is 1. The van der Waals surface area contributed by atoms with E-state index in [0.29, 0.717) is 12.6 Å². The first-order valence-corrected chi connectivity index (χ1v) is 8.20. The SMILES string of the molecule is CN=C(NCCOc1ccccc1)NCC1CN(C)CCN1C.I. The summed E-state index contributed by atoms with van der Waals surface area (Å²) >= 11 is 0. The van der Waals surface area contributed by atoms with Gasteiger partial charge in [0.2, 0.25) is 0 Å². The van der Waals surface area contributed by atoms with Crippen LogP contribution in [0.4, 0.5) is 0 Å². The highest BCUT2D eigenvalue weighted by Crippen LogP contribution is 2.07. The molecule has 0 bridgehead atoms. The summed E-state index contributed by atoms with van der Waals surface area (Å²) in [4.78, 5) is 9.04. The zero-order chi connectivity index (χ0) is 16.5. The van der Waals surface area contributed by atoms with Crippen LogP contribution in [-0.2, 0) is 0 Å². The molecule has 2 N–H and O–H groups in total. The number of benzene rings is 1. The van der Waals surface area contributed by atoms with Crippen molar-refractivity contribution in [2.45, 2.75) is 6.04 Å². The van der Waals surface area contributed by atoms with E-state index in [9.17, 15) is 0 Å². The molecular formula is C17H30IN5O. The first-order chi connectivity index (χ1) is 11.2. The fourth-order valence-electron chi connectivity index (χ4n) is 2.61. The van der Waals surface area contributed by atoms with E-state index >= 15 is 0 Å². The van der Waals surface area contributed by atoms with Gasteiger partial charge in [0.25, 0.3) is 0 Å². The van der Waals surface area contributed by atoms with Crippen LogP contribution in [0.1, 0.15) is 0 Å². The number of nitrogens with one attached hydrogen (secondary N) is 2. The van der Waals surface area contributed by atoms with E-state index in [2.05, 4.69) is 39.5 Å². The number of rotatable bonds is 6. The number of aliphatic imine (C=N–C) groups is 1. The number of nitrogens with zero attached hydrogens (tertiary/aromatic N) is 3. The highest BCUT2D eigenvalue weighted by atomic mass is 127. The van der Waals surface area contributed by atoms with E-state index in [4.69, 9.17) is 4.74 Å². The number of hydrogen-bond acceptors (Lipinski definition) is 4. The molecule has 1 atom stereocenters. The second-order valence-electron chi connectivity index (χ2n) is 5.94. The van der Waals surface area contributed by atoms with E-state index in [0.717, 1.165) is 44.4 Å². The summed E-state index contributed by atoms with van der Waals surface area (Å²) in [6.45, 7) is 5.54. The fourth-order valence-corrected chi connectivity index (χ4v) is 2.61. The largest absolute Gasteiger partial charge is 0.492 e. The molecule has 1 heterocycles. The van der Waals surface area contributed by atoms with Gasteiger partial charge in [0, 0.05) is 39.3 Å². The van der Waals surface area contributed by atoms with Gasteiger partial charge in [-0.2, -0.15) is 0 Å². The predicted octanol–water partition coefficient (Wildman–Crippen LogP) is 1.09. The van der Waals surface area contributed by atoms with Crippen molar-refractivity contribution in [1.82, 2.24) is 20.4 Å². The Labute approximate surface area is 162 Å². The highest BCUT2D eigenvalue weighted by Gasteiger charge is 2.21. The maximum absolute atomic E-state index is 5.67. The Bertz CT molecular complexity index is 485. The van der Waals surface area contributed by atoms with Crippen LogP contribution in [0, 0.1) is 0 Å². The average Bonchev–Trinajstić information content (AvgIpc) is 2.58. The van der Waals surface area contributed by atoms with Crippen LogP contribution in [0.15, 0.2) is 35.3 Å². The molecule has 0 amide bonds. The van der Waals surface area contributed by atoms with Crippen LogP contribution in [0.5, 0.6) is 5.75 Å². The summed E-state index contributed by atoms with van der Waals surface area (Å²) in [5.74, 6) is 1.72. The first kappa shape index (κ1) is 21.0. The molecule has 7 heteroatoms. The molecule has 1 aliphatic rings. The summed E-state index contributed by atoms with van der Waals surface area (Å²) in [5.41, 5.74) is 0. The minimum Gasteiger partial charge on any atom is -0.492 e. The lowest BCUT2D eigenvalue weighted by Gasteiger charge is -2.37. The monoisotopic (exact) mass is 447 g/mol. The zero-order valence-electron chi connectivity index (χ0n) is 14.9. The van der Waals surface area contributed by atoms with E-state index < -0.39 is 0 Å². The summed E-state index contributed by atoms with van der Waals surface area (Å²) in [6, 6.07) is 10.4. The minimum atomic E-state index is 0. The smallest absolute Gasteiger partial charge is 0.191 e. The van der Waals surface area contributed by atoms with Gasteiger partial charge < -0.3 is 20.3 Å².